The van der Waals surface area contributed by atoms with Gasteiger partial charge < -0.3 is 9.80 Å². The van der Waals surface area contributed by atoms with E-state index >= 15 is 0 Å². The van der Waals surface area contributed by atoms with E-state index in [4.69, 9.17) is 0 Å². The maximum atomic E-state index is 12.3. The monoisotopic (exact) mass is 272 g/mol. The highest BCUT2D eigenvalue weighted by molar-refractivity contribution is 5.90. The van der Waals surface area contributed by atoms with Crippen LogP contribution in [0.4, 0.5) is 0 Å². The van der Waals surface area contributed by atoms with Crippen LogP contribution in [-0.4, -0.2) is 42.3 Å². The molecule has 2 amide bonds. The molecule has 1 aliphatic carbocycles. The Morgan fingerprint density at radius 2 is 2.05 bits per heavy atom. The number of aryl methyl sites for hydroxylation is 1. The predicted octanol–water partition coefficient (Wildman–Crippen LogP) is 1.78. The summed E-state index contributed by atoms with van der Waals surface area (Å²) in [6.07, 6.45) is 3.17. The third-order valence-corrected chi connectivity index (χ3v) is 3.89. The van der Waals surface area contributed by atoms with Gasteiger partial charge in [0.2, 0.25) is 11.8 Å². The summed E-state index contributed by atoms with van der Waals surface area (Å²) in [6, 6.07) is 8.34. The molecule has 1 aromatic rings. The second kappa shape index (κ2) is 5.90. The maximum absolute atomic E-state index is 12.3. The summed E-state index contributed by atoms with van der Waals surface area (Å²) in [5, 5.41) is 0. The summed E-state index contributed by atoms with van der Waals surface area (Å²) in [4.78, 5) is 26.8. The Kier molecular flexibility index (Phi) is 4.23. The molecule has 0 bridgehead atoms. The zero-order valence-corrected chi connectivity index (χ0v) is 12.0. The quantitative estimate of drug-likeness (QED) is 0.784. The Morgan fingerprint density at radius 3 is 2.75 bits per heavy atom. The molecule has 106 valence electrons. The van der Waals surface area contributed by atoms with Crippen LogP contribution in [0.15, 0.2) is 36.9 Å². The Morgan fingerprint density at radius 1 is 1.35 bits per heavy atom. The highest BCUT2D eigenvalue weighted by Crippen LogP contribution is 2.34. The molecule has 0 aliphatic heterocycles. The normalized spacial score (nSPS) is 16.4. The van der Waals surface area contributed by atoms with Crippen molar-refractivity contribution in [2.75, 3.05) is 20.6 Å². The molecule has 4 nitrogen and oxygen atoms in total. The molecule has 0 N–H and O–H groups in total. The Hall–Kier alpha value is -2.10. The predicted molar refractivity (Wildman–Crippen MR) is 78.1 cm³/mol. The van der Waals surface area contributed by atoms with Gasteiger partial charge in [-0.05, 0) is 30.0 Å². The van der Waals surface area contributed by atoms with Gasteiger partial charge in [-0.25, -0.2) is 0 Å². The van der Waals surface area contributed by atoms with E-state index in [1.807, 2.05) is 12.1 Å². The number of rotatable bonds is 4. The first-order chi connectivity index (χ1) is 9.54. The molecule has 0 radical (unpaired) electrons. The Balaban J connectivity index is 2.05. The van der Waals surface area contributed by atoms with Crippen LogP contribution in [0.1, 0.15) is 23.6 Å². The van der Waals surface area contributed by atoms with Crippen molar-refractivity contribution in [3.63, 3.8) is 0 Å². The topological polar surface area (TPSA) is 40.6 Å². The summed E-state index contributed by atoms with van der Waals surface area (Å²) in [7, 11) is 3.42. The number of likely N-dealkylation sites (N-methyl/N-ethyl adjacent to an activating group) is 2. The van der Waals surface area contributed by atoms with Gasteiger partial charge in [0.25, 0.3) is 0 Å². The Labute approximate surface area is 119 Å². The molecule has 1 atom stereocenters. The molecule has 1 aliphatic rings. The van der Waals surface area contributed by atoms with E-state index in [2.05, 4.69) is 18.7 Å². The molecule has 1 aromatic carbocycles. The minimum Gasteiger partial charge on any atom is -0.337 e. The number of amides is 2. The summed E-state index contributed by atoms with van der Waals surface area (Å²) in [5.41, 5.74) is 2.54. The largest absolute Gasteiger partial charge is 0.337 e. The molecule has 0 saturated heterocycles. The molecular weight excluding hydrogens is 252 g/mol. The van der Waals surface area contributed by atoms with Crippen molar-refractivity contribution >= 4 is 11.8 Å². The van der Waals surface area contributed by atoms with E-state index in [0.29, 0.717) is 0 Å². The molecule has 0 saturated carbocycles. The highest BCUT2D eigenvalue weighted by atomic mass is 16.2. The number of carbonyl (C=O) groups excluding carboxylic acids is 2. The van der Waals surface area contributed by atoms with Crippen molar-refractivity contribution in [3.8, 4) is 0 Å². The fourth-order valence-electron chi connectivity index (χ4n) is 2.66. The summed E-state index contributed by atoms with van der Waals surface area (Å²) in [6.45, 7) is 3.51. The molecule has 0 heterocycles. The van der Waals surface area contributed by atoms with Gasteiger partial charge in [0.1, 0.15) is 0 Å². The molecule has 4 heteroatoms. The summed E-state index contributed by atoms with van der Waals surface area (Å²) in [5.74, 6) is -0.289. The third kappa shape index (κ3) is 2.74. The van der Waals surface area contributed by atoms with Gasteiger partial charge in [0.15, 0.2) is 0 Å². The lowest BCUT2D eigenvalue weighted by Crippen LogP contribution is -2.40. The van der Waals surface area contributed by atoms with E-state index in [-0.39, 0.29) is 24.4 Å². The lowest BCUT2D eigenvalue weighted by molar-refractivity contribution is -0.137. The second-order valence-electron chi connectivity index (χ2n) is 5.16. The molecule has 20 heavy (non-hydrogen) atoms. The van der Waals surface area contributed by atoms with E-state index in [1.54, 1.807) is 19.0 Å². The van der Waals surface area contributed by atoms with Gasteiger partial charge >= 0.3 is 0 Å². The van der Waals surface area contributed by atoms with E-state index in [1.165, 1.54) is 22.1 Å². The van der Waals surface area contributed by atoms with Crippen LogP contribution >= 0.6 is 0 Å². The second-order valence-corrected chi connectivity index (χ2v) is 5.16. The average molecular weight is 272 g/mol. The SMILES string of the molecule is C=CC(=O)N(C)CC(=O)N(C)C1CCc2ccccc21. The van der Waals surface area contributed by atoms with Crippen LogP contribution in [-0.2, 0) is 16.0 Å². The lowest BCUT2D eigenvalue weighted by Gasteiger charge is -2.27. The van der Waals surface area contributed by atoms with Crippen molar-refractivity contribution in [2.24, 2.45) is 0 Å². The first-order valence-corrected chi connectivity index (χ1v) is 6.75. The van der Waals surface area contributed by atoms with Crippen molar-refractivity contribution in [3.05, 3.63) is 48.0 Å². The van der Waals surface area contributed by atoms with Crippen LogP contribution in [0.5, 0.6) is 0 Å². The van der Waals surface area contributed by atoms with Gasteiger partial charge in [-0.15, -0.1) is 0 Å². The van der Waals surface area contributed by atoms with Crippen molar-refractivity contribution in [1.29, 1.82) is 0 Å². The number of fused-ring (bicyclic) bond motifs is 1. The van der Waals surface area contributed by atoms with Gasteiger partial charge in [0.05, 0.1) is 12.6 Å². The van der Waals surface area contributed by atoms with E-state index in [0.717, 1.165) is 12.8 Å². The zero-order valence-electron chi connectivity index (χ0n) is 12.0. The summed E-state index contributed by atoms with van der Waals surface area (Å²) < 4.78 is 0. The zero-order chi connectivity index (χ0) is 14.7. The first-order valence-electron chi connectivity index (χ1n) is 6.75. The number of benzene rings is 1. The van der Waals surface area contributed by atoms with Gasteiger partial charge in [-0.1, -0.05) is 30.8 Å². The van der Waals surface area contributed by atoms with Crippen molar-refractivity contribution in [1.82, 2.24) is 9.80 Å². The van der Waals surface area contributed by atoms with E-state index < -0.39 is 0 Å². The standard InChI is InChI=1S/C16H20N2O2/c1-4-15(19)17(2)11-16(20)18(3)14-10-9-12-7-5-6-8-13(12)14/h4-8,14H,1,9-11H2,2-3H3. The maximum Gasteiger partial charge on any atom is 0.246 e. The molecule has 0 fully saturated rings. The Bertz CT molecular complexity index is 539. The molecule has 0 spiro atoms. The van der Waals surface area contributed by atoms with Crippen molar-refractivity contribution < 1.29 is 9.59 Å². The van der Waals surface area contributed by atoms with E-state index in [9.17, 15) is 9.59 Å². The number of nitrogens with zero attached hydrogens (tertiary/aromatic N) is 2. The molecule has 2 rings (SSSR count). The fraction of sp³-hybridized carbons (Fsp3) is 0.375. The molecule has 0 aromatic heterocycles. The van der Waals surface area contributed by atoms with Crippen molar-refractivity contribution in [2.45, 2.75) is 18.9 Å². The van der Waals surface area contributed by atoms with Crippen LogP contribution < -0.4 is 0 Å². The first kappa shape index (κ1) is 14.3. The fourth-order valence-corrected chi connectivity index (χ4v) is 2.66. The van der Waals surface area contributed by atoms with Crippen LogP contribution in [0.2, 0.25) is 0 Å². The van der Waals surface area contributed by atoms with Gasteiger partial charge in [-0.2, -0.15) is 0 Å². The smallest absolute Gasteiger partial charge is 0.246 e. The van der Waals surface area contributed by atoms with Crippen LogP contribution in [0.25, 0.3) is 0 Å². The number of hydrogen-bond acceptors (Lipinski definition) is 2. The average Bonchev–Trinajstić information content (AvgIpc) is 2.89. The molecule has 1 unspecified atom stereocenters. The minimum absolute atomic E-state index is 0.0515. The van der Waals surface area contributed by atoms with Gasteiger partial charge in [-0.3, -0.25) is 9.59 Å². The van der Waals surface area contributed by atoms with Crippen LogP contribution in [0, 0.1) is 0 Å². The third-order valence-electron chi connectivity index (χ3n) is 3.89. The summed E-state index contributed by atoms with van der Waals surface area (Å²) >= 11 is 0. The highest BCUT2D eigenvalue weighted by Gasteiger charge is 2.28. The number of carbonyl (C=O) groups is 2. The van der Waals surface area contributed by atoms with Crippen LogP contribution in [0.3, 0.4) is 0 Å². The lowest BCUT2D eigenvalue weighted by atomic mass is 10.1. The number of hydrogen-bond donors (Lipinski definition) is 0. The van der Waals surface area contributed by atoms with Gasteiger partial charge in [0, 0.05) is 14.1 Å². The molecular formula is C16H20N2O2. The minimum atomic E-state index is -0.237.